The first-order chi connectivity index (χ1) is 15.0. The summed E-state index contributed by atoms with van der Waals surface area (Å²) >= 11 is 0. The van der Waals surface area contributed by atoms with Crippen molar-refractivity contribution in [3.63, 3.8) is 0 Å². The zero-order valence-electron chi connectivity index (χ0n) is 16.7. The average molecular weight is 419 g/mol. The van der Waals surface area contributed by atoms with Crippen LogP contribution < -0.4 is 14.8 Å². The number of nitrogens with zero attached hydrogens (tertiary/aromatic N) is 4. The first-order valence-corrected chi connectivity index (χ1v) is 9.28. The molecule has 0 aliphatic carbocycles. The molecule has 1 N–H and O–H groups in total. The molecule has 31 heavy (non-hydrogen) atoms. The van der Waals surface area contributed by atoms with Crippen LogP contribution in [-0.4, -0.2) is 32.8 Å². The number of methoxy groups -OCH3 is 1. The maximum absolute atomic E-state index is 13.7. The van der Waals surface area contributed by atoms with Crippen molar-refractivity contribution in [3.05, 3.63) is 78.5 Å². The van der Waals surface area contributed by atoms with E-state index in [0.29, 0.717) is 22.8 Å². The van der Waals surface area contributed by atoms with E-state index in [-0.39, 0.29) is 17.7 Å². The van der Waals surface area contributed by atoms with E-state index >= 15 is 0 Å². The normalized spacial score (nSPS) is 10.5. The number of carbonyl (C=O) groups is 1. The molecule has 0 unspecified atom stereocenters. The van der Waals surface area contributed by atoms with Crippen molar-refractivity contribution < 1.29 is 18.7 Å². The fraction of sp³-hybridized carbons (Fsp3) is 0.0909. The molecule has 0 atom stereocenters. The highest BCUT2D eigenvalue weighted by molar-refractivity contribution is 6.03. The second-order valence-corrected chi connectivity index (χ2v) is 6.51. The highest BCUT2D eigenvalue weighted by Gasteiger charge is 2.15. The number of carbonyl (C=O) groups excluding carboxylic acids is 1. The van der Waals surface area contributed by atoms with E-state index < -0.39 is 5.82 Å². The van der Waals surface area contributed by atoms with E-state index in [1.54, 1.807) is 32.4 Å². The van der Waals surface area contributed by atoms with Gasteiger partial charge in [-0.25, -0.2) is 14.4 Å². The molecule has 4 rings (SSSR count). The Labute approximate surface area is 177 Å². The number of para-hydroxylation sites is 1. The summed E-state index contributed by atoms with van der Waals surface area (Å²) in [6.07, 6.45) is 2.75. The second kappa shape index (κ2) is 8.62. The van der Waals surface area contributed by atoms with E-state index in [1.165, 1.54) is 29.2 Å². The van der Waals surface area contributed by atoms with Crippen LogP contribution in [-0.2, 0) is 7.05 Å². The summed E-state index contributed by atoms with van der Waals surface area (Å²) in [5, 5.41) is 7.11. The maximum Gasteiger partial charge on any atom is 0.322 e. The molecule has 0 aliphatic heterocycles. The van der Waals surface area contributed by atoms with Crippen molar-refractivity contribution in [3.8, 4) is 28.8 Å². The lowest BCUT2D eigenvalue weighted by molar-refractivity contribution is 0.101. The predicted molar refractivity (Wildman–Crippen MR) is 112 cm³/mol. The number of halogens is 1. The van der Waals surface area contributed by atoms with Gasteiger partial charge in [-0.2, -0.15) is 5.10 Å². The monoisotopic (exact) mass is 419 g/mol. The summed E-state index contributed by atoms with van der Waals surface area (Å²) in [5.74, 6) is -0.190. The Morgan fingerprint density at radius 2 is 1.84 bits per heavy atom. The van der Waals surface area contributed by atoms with Crippen LogP contribution in [0.15, 0.2) is 67.0 Å². The summed E-state index contributed by atoms with van der Waals surface area (Å²) in [5.41, 5.74) is 2.17. The zero-order valence-corrected chi connectivity index (χ0v) is 16.7. The molecular weight excluding hydrogens is 401 g/mol. The van der Waals surface area contributed by atoms with Crippen LogP contribution in [0.5, 0.6) is 17.5 Å². The number of aryl methyl sites for hydroxylation is 1. The van der Waals surface area contributed by atoms with Crippen LogP contribution in [0.1, 0.15) is 10.5 Å². The predicted octanol–water partition coefficient (Wildman–Crippen LogP) is 4.07. The van der Waals surface area contributed by atoms with Crippen molar-refractivity contribution >= 4 is 11.6 Å². The third-order valence-electron chi connectivity index (χ3n) is 4.40. The zero-order chi connectivity index (χ0) is 21.8. The SMILES string of the molecule is COc1cccc(-c2cc(C(=O)Nc3cnc(Oc4ccccc4F)nc3)n(C)n2)c1. The lowest BCUT2D eigenvalue weighted by atomic mass is 10.1. The largest absolute Gasteiger partial charge is 0.497 e. The van der Waals surface area contributed by atoms with Gasteiger partial charge in [0.05, 0.1) is 30.9 Å². The van der Waals surface area contributed by atoms with Crippen molar-refractivity contribution in [2.45, 2.75) is 0 Å². The minimum atomic E-state index is -0.522. The minimum absolute atomic E-state index is 0.0132. The van der Waals surface area contributed by atoms with Gasteiger partial charge in [-0.3, -0.25) is 9.48 Å². The molecule has 1 amide bonds. The third-order valence-corrected chi connectivity index (χ3v) is 4.40. The van der Waals surface area contributed by atoms with Gasteiger partial charge >= 0.3 is 6.01 Å². The lowest BCUT2D eigenvalue weighted by Crippen LogP contribution is -2.16. The molecule has 0 saturated heterocycles. The molecule has 0 saturated carbocycles. The molecular formula is C22H18FN5O3. The number of rotatable bonds is 6. The highest BCUT2D eigenvalue weighted by Crippen LogP contribution is 2.24. The Hall–Kier alpha value is -4.27. The van der Waals surface area contributed by atoms with E-state index in [4.69, 9.17) is 9.47 Å². The van der Waals surface area contributed by atoms with E-state index in [2.05, 4.69) is 20.4 Å². The quantitative estimate of drug-likeness (QED) is 0.507. The van der Waals surface area contributed by atoms with Gasteiger partial charge in [-0.1, -0.05) is 24.3 Å². The average Bonchev–Trinajstić information content (AvgIpc) is 3.18. The molecule has 0 aliphatic rings. The van der Waals surface area contributed by atoms with Gasteiger partial charge < -0.3 is 14.8 Å². The number of amides is 1. The fourth-order valence-corrected chi connectivity index (χ4v) is 2.86. The first kappa shape index (κ1) is 20.0. The van der Waals surface area contributed by atoms with E-state index in [0.717, 1.165) is 5.56 Å². The van der Waals surface area contributed by atoms with Gasteiger partial charge in [-0.05, 0) is 30.3 Å². The third kappa shape index (κ3) is 4.50. The van der Waals surface area contributed by atoms with Gasteiger partial charge in [0.2, 0.25) is 0 Å². The maximum atomic E-state index is 13.7. The van der Waals surface area contributed by atoms with Crippen LogP contribution in [0, 0.1) is 5.82 Å². The number of nitrogens with one attached hydrogen (secondary N) is 1. The van der Waals surface area contributed by atoms with Crippen LogP contribution in [0.4, 0.5) is 10.1 Å². The fourth-order valence-electron chi connectivity index (χ4n) is 2.86. The molecule has 8 nitrogen and oxygen atoms in total. The van der Waals surface area contributed by atoms with Crippen LogP contribution >= 0.6 is 0 Å². The standard InChI is InChI=1S/C22H18FN5O3/c1-28-19(11-18(27-28)14-6-5-7-16(10-14)30-2)21(29)26-15-12-24-22(25-13-15)31-20-9-4-3-8-17(20)23/h3-13H,1-2H3,(H,26,29). The van der Waals surface area contributed by atoms with Gasteiger partial charge in [0, 0.05) is 12.6 Å². The number of ether oxygens (including phenoxy) is 2. The van der Waals surface area contributed by atoms with E-state index in [9.17, 15) is 9.18 Å². The van der Waals surface area contributed by atoms with E-state index in [1.807, 2.05) is 24.3 Å². The highest BCUT2D eigenvalue weighted by atomic mass is 19.1. The van der Waals surface area contributed by atoms with Crippen molar-refractivity contribution in [2.75, 3.05) is 12.4 Å². The van der Waals surface area contributed by atoms with Crippen LogP contribution in [0.2, 0.25) is 0 Å². The lowest BCUT2D eigenvalue weighted by Gasteiger charge is -2.07. The van der Waals surface area contributed by atoms with Gasteiger partial charge in [0.25, 0.3) is 5.91 Å². The summed E-state index contributed by atoms with van der Waals surface area (Å²) in [4.78, 5) is 20.7. The van der Waals surface area contributed by atoms with Gasteiger partial charge in [-0.15, -0.1) is 0 Å². The molecule has 0 radical (unpaired) electrons. The molecule has 2 heterocycles. The Balaban J connectivity index is 1.47. The number of hydrogen-bond donors (Lipinski definition) is 1. The number of anilines is 1. The molecule has 4 aromatic rings. The van der Waals surface area contributed by atoms with Crippen LogP contribution in [0.25, 0.3) is 11.3 Å². The molecule has 0 bridgehead atoms. The first-order valence-electron chi connectivity index (χ1n) is 9.28. The molecule has 156 valence electrons. The van der Waals surface area contributed by atoms with Gasteiger partial charge in [0.1, 0.15) is 11.4 Å². The Kier molecular flexibility index (Phi) is 5.57. The summed E-state index contributed by atoms with van der Waals surface area (Å²) in [7, 11) is 3.27. The Morgan fingerprint density at radius 3 is 2.58 bits per heavy atom. The number of benzene rings is 2. The summed E-state index contributed by atoms with van der Waals surface area (Å²) in [6.45, 7) is 0. The van der Waals surface area contributed by atoms with Crippen molar-refractivity contribution in [1.29, 1.82) is 0 Å². The Bertz CT molecular complexity index is 1220. The molecule has 2 aromatic heterocycles. The van der Waals surface area contributed by atoms with Crippen molar-refractivity contribution in [2.24, 2.45) is 7.05 Å². The smallest absolute Gasteiger partial charge is 0.322 e. The Morgan fingerprint density at radius 1 is 1.06 bits per heavy atom. The topological polar surface area (TPSA) is 91.2 Å². The minimum Gasteiger partial charge on any atom is -0.497 e. The molecule has 9 heteroatoms. The molecule has 0 spiro atoms. The number of aromatic nitrogens is 4. The molecule has 2 aromatic carbocycles. The summed E-state index contributed by atoms with van der Waals surface area (Å²) < 4.78 is 25.7. The van der Waals surface area contributed by atoms with Gasteiger partial charge in [0.15, 0.2) is 11.6 Å². The van der Waals surface area contributed by atoms with Crippen LogP contribution in [0.3, 0.4) is 0 Å². The summed E-state index contributed by atoms with van der Waals surface area (Å²) in [6, 6.07) is 15.0. The second-order valence-electron chi connectivity index (χ2n) is 6.51. The molecule has 0 fully saturated rings. The van der Waals surface area contributed by atoms with Crippen molar-refractivity contribution in [1.82, 2.24) is 19.7 Å². The number of hydrogen-bond acceptors (Lipinski definition) is 6.